The molecule has 0 bridgehead atoms. The zero-order valence-corrected chi connectivity index (χ0v) is 17.9. The van der Waals surface area contributed by atoms with Gasteiger partial charge in [0.05, 0.1) is 13.2 Å². The molecule has 0 saturated heterocycles. The van der Waals surface area contributed by atoms with Gasteiger partial charge in [-0.3, -0.25) is 9.12 Å². The Bertz CT molecular complexity index is 871. The third-order valence-electron chi connectivity index (χ3n) is 4.29. The predicted molar refractivity (Wildman–Crippen MR) is 111 cm³/mol. The highest BCUT2D eigenvalue weighted by atomic mass is 32.2. The van der Waals surface area contributed by atoms with Crippen LogP contribution in [0, 0.1) is 0 Å². The van der Waals surface area contributed by atoms with Gasteiger partial charge in [0.2, 0.25) is 0 Å². The zero-order valence-electron chi connectivity index (χ0n) is 16.2. The van der Waals surface area contributed by atoms with Crippen LogP contribution in [0.5, 0.6) is 0 Å². The van der Waals surface area contributed by atoms with Gasteiger partial charge in [0.15, 0.2) is 4.99 Å². The Kier molecular flexibility index (Phi) is 8.40. The summed E-state index contributed by atoms with van der Waals surface area (Å²) in [7, 11) is -8.54. The van der Waals surface area contributed by atoms with Crippen LogP contribution in [0.3, 0.4) is 0 Å². The molecule has 8 heteroatoms. The number of benzene rings is 2. The predicted octanol–water partition coefficient (Wildman–Crippen LogP) is 5.16. The van der Waals surface area contributed by atoms with Crippen molar-refractivity contribution >= 4 is 17.7 Å². The topological polar surface area (TPSA) is 89.9 Å². The van der Waals surface area contributed by atoms with E-state index in [1.165, 1.54) is 0 Å². The van der Waals surface area contributed by atoms with E-state index in [-0.39, 0.29) is 19.6 Å². The summed E-state index contributed by atoms with van der Waals surface area (Å²) in [6, 6.07) is 18.0. The van der Waals surface area contributed by atoms with Gasteiger partial charge in [0, 0.05) is 0 Å². The van der Waals surface area contributed by atoms with Gasteiger partial charge in [0.25, 0.3) is 10.1 Å². The molecule has 1 atom stereocenters. The summed E-state index contributed by atoms with van der Waals surface area (Å²) in [5, 5.41) is 0. The largest absolute Gasteiger partial charge is 0.351 e. The van der Waals surface area contributed by atoms with E-state index in [0.29, 0.717) is 12.8 Å². The first-order valence-corrected chi connectivity index (χ1v) is 12.4. The van der Waals surface area contributed by atoms with E-state index in [4.69, 9.17) is 9.05 Å². The van der Waals surface area contributed by atoms with Crippen molar-refractivity contribution < 1.29 is 26.6 Å². The number of rotatable bonds is 11. The van der Waals surface area contributed by atoms with Crippen molar-refractivity contribution in [2.45, 2.75) is 38.1 Å². The average Bonchev–Trinajstić information content (AvgIpc) is 2.66. The monoisotopic (exact) mass is 426 g/mol. The third-order valence-corrected chi connectivity index (χ3v) is 8.99. The van der Waals surface area contributed by atoms with Crippen molar-refractivity contribution in [1.29, 1.82) is 0 Å². The van der Waals surface area contributed by atoms with Gasteiger partial charge in [-0.25, -0.2) is 0 Å². The van der Waals surface area contributed by atoms with Crippen LogP contribution >= 0.6 is 7.60 Å². The van der Waals surface area contributed by atoms with E-state index >= 15 is 0 Å². The minimum absolute atomic E-state index is 0.0173. The highest BCUT2D eigenvalue weighted by Gasteiger charge is 2.43. The van der Waals surface area contributed by atoms with E-state index in [1.54, 1.807) is 13.8 Å². The van der Waals surface area contributed by atoms with Crippen molar-refractivity contribution in [1.82, 2.24) is 0 Å². The van der Waals surface area contributed by atoms with Crippen molar-refractivity contribution in [3.8, 4) is 11.1 Å². The lowest BCUT2D eigenvalue weighted by Gasteiger charge is -2.24. The Balaban J connectivity index is 2.05. The minimum atomic E-state index is -4.58. The quantitative estimate of drug-likeness (QED) is 0.394. The van der Waals surface area contributed by atoms with Gasteiger partial charge in [-0.05, 0) is 49.8 Å². The molecule has 0 heterocycles. The lowest BCUT2D eigenvalue weighted by molar-refractivity contribution is 0.215. The Morgan fingerprint density at radius 1 is 0.929 bits per heavy atom. The van der Waals surface area contributed by atoms with E-state index in [9.17, 15) is 17.5 Å². The van der Waals surface area contributed by atoms with Crippen molar-refractivity contribution in [3.05, 3.63) is 60.2 Å². The summed E-state index contributed by atoms with van der Waals surface area (Å²) in [5.41, 5.74) is 3.24. The van der Waals surface area contributed by atoms with Crippen LogP contribution in [-0.2, 0) is 30.2 Å². The Labute approximate surface area is 167 Å². The molecule has 28 heavy (non-hydrogen) atoms. The smallest absolute Gasteiger partial charge is 0.308 e. The first kappa shape index (κ1) is 22.8. The fourth-order valence-corrected chi connectivity index (χ4v) is 6.77. The third kappa shape index (κ3) is 6.26. The van der Waals surface area contributed by atoms with Crippen LogP contribution in [0.1, 0.15) is 32.3 Å². The van der Waals surface area contributed by atoms with E-state index in [1.807, 2.05) is 54.6 Å². The molecule has 2 aromatic rings. The average molecular weight is 426 g/mol. The molecule has 154 valence electrons. The molecular weight excluding hydrogens is 399 g/mol. The van der Waals surface area contributed by atoms with Crippen molar-refractivity contribution in [2.75, 3.05) is 13.2 Å². The molecule has 0 aliphatic carbocycles. The van der Waals surface area contributed by atoms with E-state index in [0.717, 1.165) is 16.7 Å². The summed E-state index contributed by atoms with van der Waals surface area (Å²) in [6.07, 6.45) is 0.981. The highest BCUT2D eigenvalue weighted by molar-refractivity contribution is 7.94. The van der Waals surface area contributed by atoms with E-state index in [2.05, 4.69) is 0 Å². The van der Waals surface area contributed by atoms with Crippen LogP contribution < -0.4 is 0 Å². The maximum Gasteiger partial charge on any atom is 0.351 e. The molecule has 0 spiro atoms. The maximum atomic E-state index is 12.8. The highest BCUT2D eigenvalue weighted by Crippen LogP contribution is 2.56. The molecule has 1 unspecified atom stereocenters. The standard InChI is InChI=1S/C20H27O6PS/c1-3-25-27(21,26-4-2)20(28(22,23)24)12-8-9-17-13-15-19(16-14-17)18-10-6-5-7-11-18/h5-7,10-11,13-16,20H,3-4,8-9,12H2,1-2H3,(H,22,23,24). The number of hydrogen-bond donors (Lipinski definition) is 1. The molecule has 0 aliphatic rings. The van der Waals surface area contributed by atoms with Gasteiger partial charge in [-0.1, -0.05) is 54.6 Å². The number of hydrogen-bond acceptors (Lipinski definition) is 5. The van der Waals surface area contributed by atoms with Gasteiger partial charge >= 0.3 is 7.60 Å². The van der Waals surface area contributed by atoms with Crippen LogP contribution in [-0.4, -0.2) is 31.2 Å². The van der Waals surface area contributed by atoms with Gasteiger partial charge in [-0.2, -0.15) is 8.42 Å². The van der Waals surface area contributed by atoms with Crippen LogP contribution in [0.15, 0.2) is 54.6 Å². The summed E-state index contributed by atoms with van der Waals surface area (Å²) < 4.78 is 56.2. The fraction of sp³-hybridized carbons (Fsp3) is 0.400. The molecule has 0 radical (unpaired) electrons. The molecule has 2 rings (SSSR count). The minimum Gasteiger partial charge on any atom is -0.308 e. The zero-order chi connectivity index (χ0) is 20.6. The number of aryl methyl sites for hydroxylation is 1. The molecule has 0 amide bonds. The van der Waals surface area contributed by atoms with Crippen LogP contribution in [0.2, 0.25) is 0 Å². The van der Waals surface area contributed by atoms with Gasteiger partial charge in [0.1, 0.15) is 0 Å². The second-order valence-corrected chi connectivity index (χ2v) is 10.5. The van der Waals surface area contributed by atoms with Gasteiger partial charge < -0.3 is 9.05 Å². The summed E-state index contributed by atoms with van der Waals surface area (Å²) in [5.74, 6) is 0. The molecular formula is C20H27O6PS. The fourth-order valence-electron chi connectivity index (χ4n) is 3.01. The van der Waals surface area contributed by atoms with Gasteiger partial charge in [-0.15, -0.1) is 0 Å². The van der Waals surface area contributed by atoms with Crippen molar-refractivity contribution in [2.24, 2.45) is 0 Å². The summed E-state index contributed by atoms with van der Waals surface area (Å²) in [6.45, 7) is 3.26. The second-order valence-electron chi connectivity index (χ2n) is 6.30. The maximum absolute atomic E-state index is 12.8. The molecule has 0 fully saturated rings. The summed E-state index contributed by atoms with van der Waals surface area (Å²) in [4.78, 5) is -1.58. The second kappa shape index (κ2) is 10.3. The summed E-state index contributed by atoms with van der Waals surface area (Å²) >= 11 is 0. The molecule has 2 aromatic carbocycles. The molecule has 0 aliphatic heterocycles. The molecule has 0 saturated carbocycles. The molecule has 6 nitrogen and oxygen atoms in total. The Morgan fingerprint density at radius 3 is 1.96 bits per heavy atom. The normalized spacial score (nSPS) is 13.4. The lowest BCUT2D eigenvalue weighted by Crippen LogP contribution is -2.23. The van der Waals surface area contributed by atoms with E-state index < -0.39 is 22.7 Å². The molecule has 1 N–H and O–H groups in total. The van der Waals surface area contributed by atoms with Crippen molar-refractivity contribution in [3.63, 3.8) is 0 Å². The first-order chi connectivity index (χ1) is 13.3. The lowest BCUT2D eigenvalue weighted by atomic mass is 10.0. The Morgan fingerprint density at radius 2 is 1.46 bits per heavy atom. The SMILES string of the molecule is CCOP(=O)(OCC)C(CCCc1ccc(-c2ccccc2)cc1)S(=O)(=O)O. The van der Waals surface area contributed by atoms with Crippen LogP contribution in [0.25, 0.3) is 11.1 Å². The Hall–Kier alpha value is -1.50. The molecule has 0 aromatic heterocycles. The first-order valence-electron chi connectivity index (χ1n) is 9.29. The van der Waals surface area contributed by atoms with Crippen LogP contribution in [0.4, 0.5) is 0 Å².